The van der Waals surface area contributed by atoms with E-state index in [-0.39, 0.29) is 6.04 Å². The standard InChI is InChI=1S/C18H17ClN2/c1-12-3-5-14(6-4-12)13(2)21-17-9-10-20-18-11-15(19)7-8-16(17)18/h3-11,13H,1-2H3,(H,20,21). The number of nitrogens with zero attached hydrogens (tertiary/aromatic N) is 1. The first-order valence-electron chi connectivity index (χ1n) is 7.01. The highest BCUT2D eigenvalue weighted by Gasteiger charge is 2.08. The summed E-state index contributed by atoms with van der Waals surface area (Å²) in [6.45, 7) is 4.26. The third-order valence-electron chi connectivity index (χ3n) is 3.65. The first kappa shape index (κ1) is 13.9. The van der Waals surface area contributed by atoms with Crippen LogP contribution in [0.3, 0.4) is 0 Å². The molecule has 0 bridgehead atoms. The van der Waals surface area contributed by atoms with E-state index in [4.69, 9.17) is 11.6 Å². The van der Waals surface area contributed by atoms with Crippen LogP contribution in [0.15, 0.2) is 54.7 Å². The molecule has 3 heteroatoms. The monoisotopic (exact) mass is 296 g/mol. The number of pyridine rings is 1. The summed E-state index contributed by atoms with van der Waals surface area (Å²) in [5.74, 6) is 0. The van der Waals surface area contributed by atoms with Crippen molar-refractivity contribution in [3.63, 3.8) is 0 Å². The summed E-state index contributed by atoms with van der Waals surface area (Å²) in [6.07, 6.45) is 1.81. The quantitative estimate of drug-likeness (QED) is 0.703. The van der Waals surface area contributed by atoms with Gasteiger partial charge in [0.05, 0.1) is 5.52 Å². The van der Waals surface area contributed by atoms with Gasteiger partial charge in [-0.3, -0.25) is 4.98 Å². The Labute approximate surface area is 129 Å². The van der Waals surface area contributed by atoms with Crippen molar-refractivity contribution in [2.75, 3.05) is 5.32 Å². The first-order chi connectivity index (χ1) is 10.1. The van der Waals surface area contributed by atoms with Crippen LogP contribution in [-0.2, 0) is 0 Å². The van der Waals surface area contributed by atoms with Crippen molar-refractivity contribution in [1.29, 1.82) is 0 Å². The number of hydrogen-bond acceptors (Lipinski definition) is 2. The van der Waals surface area contributed by atoms with Gasteiger partial charge < -0.3 is 5.32 Å². The van der Waals surface area contributed by atoms with E-state index in [1.165, 1.54) is 11.1 Å². The van der Waals surface area contributed by atoms with Gasteiger partial charge in [0.2, 0.25) is 0 Å². The molecule has 0 fully saturated rings. The molecule has 1 heterocycles. The highest BCUT2D eigenvalue weighted by atomic mass is 35.5. The highest BCUT2D eigenvalue weighted by molar-refractivity contribution is 6.31. The maximum atomic E-state index is 6.03. The molecule has 0 radical (unpaired) electrons. The Morgan fingerprint density at radius 3 is 2.57 bits per heavy atom. The number of nitrogens with one attached hydrogen (secondary N) is 1. The van der Waals surface area contributed by atoms with Crippen LogP contribution >= 0.6 is 11.6 Å². The number of aromatic nitrogens is 1. The van der Waals surface area contributed by atoms with E-state index in [2.05, 4.69) is 48.4 Å². The zero-order chi connectivity index (χ0) is 14.8. The van der Waals surface area contributed by atoms with Gasteiger partial charge in [-0.1, -0.05) is 41.4 Å². The van der Waals surface area contributed by atoms with Crippen LogP contribution < -0.4 is 5.32 Å². The molecular weight excluding hydrogens is 280 g/mol. The van der Waals surface area contributed by atoms with E-state index < -0.39 is 0 Å². The minimum atomic E-state index is 0.229. The van der Waals surface area contributed by atoms with Crippen molar-refractivity contribution in [3.05, 3.63) is 70.9 Å². The fourth-order valence-electron chi connectivity index (χ4n) is 2.42. The van der Waals surface area contributed by atoms with Gasteiger partial charge in [-0.05, 0) is 43.7 Å². The smallest absolute Gasteiger partial charge is 0.0737 e. The molecule has 1 atom stereocenters. The molecule has 0 aliphatic heterocycles. The van der Waals surface area contributed by atoms with Crippen LogP contribution in [0, 0.1) is 6.92 Å². The molecule has 1 unspecified atom stereocenters. The molecule has 2 aromatic carbocycles. The fourth-order valence-corrected chi connectivity index (χ4v) is 2.59. The van der Waals surface area contributed by atoms with E-state index in [0.717, 1.165) is 16.6 Å². The second kappa shape index (κ2) is 5.74. The van der Waals surface area contributed by atoms with Crippen molar-refractivity contribution in [1.82, 2.24) is 4.98 Å². The summed E-state index contributed by atoms with van der Waals surface area (Å²) in [6, 6.07) is 16.6. The van der Waals surface area contributed by atoms with Crippen molar-refractivity contribution in [2.24, 2.45) is 0 Å². The minimum Gasteiger partial charge on any atom is -0.378 e. The lowest BCUT2D eigenvalue weighted by molar-refractivity contribution is 0.885. The molecule has 0 saturated carbocycles. The molecule has 3 aromatic rings. The molecule has 21 heavy (non-hydrogen) atoms. The Kier molecular flexibility index (Phi) is 3.80. The predicted molar refractivity (Wildman–Crippen MR) is 90.0 cm³/mol. The molecule has 0 aliphatic rings. The van der Waals surface area contributed by atoms with E-state index in [1.54, 1.807) is 0 Å². The molecule has 2 nitrogen and oxygen atoms in total. The van der Waals surface area contributed by atoms with Gasteiger partial charge in [-0.15, -0.1) is 0 Å². The number of fused-ring (bicyclic) bond motifs is 1. The van der Waals surface area contributed by atoms with Crippen molar-refractivity contribution in [2.45, 2.75) is 19.9 Å². The average molecular weight is 297 g/mol. The lowest BCUT2D eigenvalue weighted by Crippen LogP contribution is -2.07. The van der Waals surface area contributed by atoms with Gasteiger partial charge in [0.1, 0.15) is 0 Å². The number of halogens is 1. The third-order valence-corrected chi connectivity index (χ3v) is 3.89. The normalized spacial score (nSPS) is 12.3. The Morgan fingerprint density at radius 1 is 1.05 bits per heavy atom. The summed E-state index contributed by atoms with van der Waals surface area (Å²) >= 11 is 6.03. The SMILES string of the molecule is Cc1ccc(C(C)Nc2ccnc3cc(Cl)ccc23)cc1. The van der Waals surface area contributed by atoms with Gasteiger partial charge in [0, 0.05) is 28.3 Å². The van der Waals surface area contributed by atoms with E-state index in [9.17, 15) is 0 Å². The number of hydrogen-bond donors (Lipinski definition) is 1. The zero-order valence-electron chi connectivity index (χ0n) is 12.1. The Bertz CT molecular complexity index is 766. The molecule has 1 N–H and O–H groups in total. The minimum absolute atomic E-state index is 0.229. The maximum absolute atomic E-state index is 6.03. The van der Waals surface area contributed by atoms with E-state index in [0.29, 0.717) is 5.02 Å². The molecule has 106 valence electrons. The Hall–Kier alpha value is -2.06. The summed E-state index contributed by atoms with van der Waals surface area (Å²) in [5.41, 5.74) is 4.52. The second-order valence-corrected chi connectivity index (χ2v) is 5.73. The maximum Gasteiger partial charge on any atom is 0.0737 e. The summed E-state index contributed by atoms with van der Waals surface area (Å²) in [7, 11) is 0. The summed E-state index contributed by atoms with van der Waals surface area (Å²) in [5, 5.41) is 5.35. The molecule has 3 rings (SSSR count). The molecule has 1 aromatic heterocycles. The largest absolute Gasteiger partial charge is 0.378 e. The van der Waals surface area contributed by atoms with Crippen LogP contribution in [0.5, 0.6) is 0 Å². The van der Waals surface area contributed by atoms with E-state index in [1.807, 2.05) is 30.5 Å². The van der Waals surface area contributed by atoms with Crippen LogP contribution in [0.2, 0.25) is 5.02 Å². The molecular formula is C18H17ClN2. The molecule has 0 amide bonds. The summed E-state index contributed by atoms with van der Waals surface area (Å²) < 4.78 is 0. The van der Waals surface area contributed by atoms with Crippen molar-refractivity contribution < 1.29 is 0 Å². The fraction of sp³-hybridized carbons (Fsp3) is 0.167. The third kappa shape index (κ3) is 3.01. The van der Waals surface area contributed by atoms with Gasteiger partial charge in [0.25, 0.3) is 0 Å². The van der Waals surface area contributed by atoms with Crippen molar-refractivity contribution >= 4 is 28.2 Å². The number of rotatable bonds is 3. The van der Waals surface area contributed by atoms with Crippen LogP contribution in [0.1, 0.15) is 24.1 Å². The zero-order valence-corrected chi connectivity index (χ0v) is 12.9. The molecule has 0 spiro atoms. The van der Waals surface area contributed by atoms with Crippen molar-refractivity contribution in [3.8, 4) is 0 Å². The topological polar surface area (TPSA) is 24.9 Å². The first-order valence-corrected chi connectivity index (χ1v) is 7.38. The number of aryl methyl sites for hydroxylation is 1. The summed E-state index contributed by atoms with van der Waals surface area (Å²) in [4.78, 5) is 4.37. The number of anilines is 1. The second-order valence-electron chi connectivity index (χ2n) is 5.30. The van der Waals surface area contributed by atoms with E-state index >= 15 is 0 Å². The van der Waals surface area contributed by atoms with Crippen LogP contribution in [0.4, 0.5) is 5.69 Å². The lowest BCUT2D eigenvalue weighted by atomic mass is 10.1. The molecule has 0 saturated heterocycles. The Balaban J connectivity index is 1.92. The van der Waals surface area contributed by atoms with Crippen LogP contribution in [0.25, 0.3) is 10.9 Å². The Morgan fingerprint density at radius 2 is 1.81 bits per heavy atom. The molecule has 0 aliphatic carbocycles. The highest BCUT2D eigenvalue weighted by Crippen LogP contribution is 2.27. The van der Waals surface area contributed by atoms with Gasteiger partial charge in [-0.2, -0.15) is 0 Å². The average Bonchev–Trinajstić information content (AvgIpc) is 2.47. The number of benzene rings is 2. The van der Waals surface area contributed by atoms with Crippen LogP contribution in [-0.4, -0.2) is 4.98 Å². The van der Waals surface area contributed by atoms with Gasteiger partial charge in [-0.25, -0.2) is 0 Å². The van der Waals surface area contributed by atoms with Gasteiger partial charge in [0.15, 0.2) is 0 Å². The predicted octanol–water partition coefficient (Wildman–Crippen LogP) is 5.37. The lowest BCUT2D eigenvalue weighted by Gasteiger charge is -2.17. The van der Waals surface area contributed by atoms with Gasteiger partial charge >= 0.3 is 0 Å².